The highest BCUT2D eigenvalue weighted by atomic mass is 32.2. The largest absolute Gasteiger partial charge is 0.573 e. The molecule has 0 spiro atoms. The minimum atomic E-state index is -4.91. The molecule has 0 saturated heterocycles. The number of nitrogens with zero attached hydrogens (tertiary/aromatic N) is 1. The van der Waals surface area contributed by atoms with Crippen LogP contribution in [0.1, 0.15) is 17.5 Å². The summed E-state index contributed by atoms with van der Waals surface area (Å²) in [7, 11) is -2.67. The highest BCUT2D eigenvalue weighted by molar-refractivity contribution is 7.89. The number of amides is 1. The SMILES string of the molecule is CN(Cc1ccc(C(F)(F)F)cc1)C(=O)CCNS(=O)(=O)c1ccc(OC(F)(F)F)cc1. The van der Waals surface area contributed by atoms with Crippen molar-refractivity contribution in [3.05, 3.63) is 59.7 Å². The van der Waals surface area contributed by atoms with Gasteiger partial charge in [-0.15, -0.1) is 13.2 Å². The van der Waals surface area contributed by atoms with Crippen molar-refractivity contribution in [2.75, 3.05) is 13.6 Å². The van der Waals surface area contributed by atoms with Gasteiger partial charge in [0.05, 0.1) is 10.5 Å². The second kappa shape index (κ2) is 9.77. The number of halogens is 6. The van der Waals surface area contributed by atoms with E-state index in [0.717, 1.165) is 36.4 Å². The Bertz CT molecular complexity index is 1020. The zero-order chi connectivity index (χ0) is 24.2. The van der Waals surface area contributed by atoms with Crippen LogP contribution in [0, 0.1) is 0 Å². The minimum absolute atomic E-state index is 0.0182. The first-order chi connectivity index (χ1) is 14.7. The molecule has 0 unspecified atom stereocenters. The van der Waals surface area contributed by atoms with Crippen LogP contribution in [0.4, 0.5) is 26.3 Å². The summed E-state index contributed by atoms with van der Waals surface area (Å²) < 4.78 is 104. The molecule has 0 aliphatic heterocycles. The van der Waals surface area contributed by atoms with E-state index in [-0.39, 0.29) is 24.4 Å². The second-order valence-corrected chi connectivity index (χ2v) is 8.38. The van der Waals surface area contributed by atoms with Gasteiger partial charge in [-0.05, 0) is 42.0 Å². The van der Waals surface area contributed by atoms with E-state index in [1.165, 1.54) is 24.1 Å². The van der Waals surface area contributed by atoms with Crippen molar-refractivity contribution in [1.82, 2.24) is 9.62 Å². The Kier molecular flexibility index (Phi) is 7.78. The highest BCUT2D eigenvalue weighted by Gasteiger charge is 2.31. The van der Waals surface area contributed by atoms with Crippen LogP contribution < -0.4 is 9.46 Å². The number of carbonyl (C=O) groups is 1. The maximum absolute atomic E-state index is 12.6. The van der Waals surface area contributed by atoms with Gasteiger partial charge in [-0.3, -0.25) is 4.79 Å². The van der Waals surface area contributed by atoms with Crippen molar-refractivity contribution >= 4 is 15.9 Å². The summed E-state index contributed by atoms with van der Waals surface area (Å²) in [5.41, 5.74) is -0.363. The quantitative estimate of drug-likeness (QED) is 0.577. The van der Waals surface area contributed by atoms with E-state index in [4.69, 9.17) is 0 Å². The van der Waals surface area contributed by atoms with Gasteiger partial charge in [-0.1, -0.05) is 12.1 Å². The molecule has 176 valence electrons. The first kappa shape index (κ1) is 25.5. The minimum Gasteiger partial charge on any atom is -0.406 e. The number of rotatable bonds is 8. The fraction of sp³-hybridized carbons (Fsp3) is 0.316. The van der Waals surface area contributed by atoms with Crippen LogP contribution in [-0.4, -0.2) is 39.2 Å². The molecule has 1 N–H and O–H groups in total. The molecule has 0 saturated carbocycles. The van der Waals surface area contributed by atoms with Gasteiger partial charge in [0.25, 0.3) is 0 Å². The monoisotopic (exact) mass is 484 g/mol. The molecule has 13 heteroatoms. The lowest BCUT2D eigenvalue weighted by atomic mass is 10.1. The number of hydrogen-bond donors (Lipinski definition) is 1. The number of sulfonamides is 1. The molecule has 0 radical (unpaired) electrons. The number of hydrogen-bond acceptors (Lipinski definition) is 4. The number of ether oxygens (including phenoxy) is 1. The molecule has 2 aromatic carbocycles. The van der Waals surface area contributed by atoms with Crippen molar-refractivity contribution < 1.29 is 44.3 Å². The van der Waals surface area contributed by atoms with Crippen molar-refractivity contribution in [2.24, 2.45) is 0 Å². The van der Waals surface area contributed by atoms with E-state index >= 15 is 0 Å². The van der Waals surface area contributed by atoms with Crippen molar-refractivity contribution in [2.45, 2.75) is 30.4 Å². The Hall–Kier alpha value is -2.80. The molecule has 0 aliphatic rings. The molecular formula is C19H18F6N2O4S. The van der Waals surface area contributed by atoms with Crippen molar-refractivity contribution in [3.8, 4) is 5.75 Å². The third-order valence-electron chi connectivity index (χ3n) is 4.13. The molecule has 0 aliphatic carbocycles. The molecule has 2 aromatic rings. The van der Waals surface area contributed by atoms with Gasteiger partial charge in [0.2, 0.25) is 15.9 Å². The predicted octanol–water partition coefficient (Wildman–Crippen LogP) is 3.93. The van der Waals surface area contributed by atoms with E-state index in [0.29, 0.717) is 5.56 Å². The Morgan fingerprint density at radius 2 is 1.53 bits per heavy atom. The predicted molar refractivity (Wildman–Crippen MR) is 101 cm³/mol. The lowest BCUT2D eigenvalue weighted by Gasteiger charge is -2.18. The Balaban J connectivity index is 1.87. The Morgan fingerprint density at radius 3 is 2.03 bits per heavy atom. The third kappa shape index (κ3) is 7.71. The van der Waals surface area contributed by atoms with Gasteiger partial charge in [0, 0.05) is 26.6 Å². The van der Waals surface area contributed by atoms with Crippen LogP contribution in [0.5, 0.6) is 5.75 Å². The van der Waals surface area contributed by atoms with Crippen LogP contribution in [-0.2, 0) is 27.5 Å². The lowest BCUT2D eigenvalue weighted by Crippen LogP contribution is -2.32. The summed E-state index contributed by atoms with van der Waals surface area (Å²) in [6.45, 7) is -0.274. The van der Waals surface area contributed by atoms with Crippen molar-refractivity contribution in [1.29, 1.82) is 0 Å². The first-order valence-corrected chi connectivity index (χ1v) is 10.4. The maximum atomic E-state index is 12.6. The van der Waals surface area contributed by atoms with Crippen LogP contribution in [0.3, 0.4) is 0 Å². The summed E-state index contributed by atoms with van der Waals surface area (Å²) in [6.07, 6.45) is -9.62. The van der Waals surface area contributed by atoms with E-state index < -0.39 is 39.8 Å². The first-order valence-electron chi connectivity index (χ1n) is 8.93. The molecule has 6 nitrogen and oxygen atoms in total. The smallest absolute Gasteiger partial charge is 0.406 e. The highest BCUT2D eigenvalue weighted by Crippen LogP contribution is 2.29. The molecule has 0 atom stereocenters. The molecule has 1 amide bonds. The van der Waals surface area contributed by atoms with Crippen LogP contribution in [0.25, 0.3) is 0 Å². The number of benzene rings is 2. The molecule has 0 fully saturated rings. The zero-order valence-corrected chi connectivity index (χ0v) is 17.3. The van der Waals surface area contributed by atoms with E-state index in [1.807, 2.05) is 0 Å². The van der Waals surface area contributed by atoms with E-state index in [2.05, 4.69) is 9.46 Å². The van der Waals surface area contributed by atoms with E-state index in [9.17, 15) is 39.6 Å². The van der Waals surface area contributed by atoms with E-state index in [1.54, 1.807) is 0 Å². The van der Waals surface area contributed by atoms with Gasteiger partial charge >= 0.3 is 12.5 Å². The fourth-order valence-electron chi connectivity index (χ4n) is 2.55. The third-order valence-corrected chi connectivity index (χ3v) is 5.60. The zero-order valence-electron chi connectivity index (χ0n) is 16.5. The molecular weight excluding hydrogens is 466 g/mol. The number of carbonyl (C=O) groups excluding carboxylic acids is 1. The molecule has 0 aromatic heterocycles. The summed E-state index contributed by atoms with van der Waals surface area (Å²) in [5.74, 6) is -1.06. The summed E-state index contributed by atoms with van der Waals surface area (Å²) >= 11 is 0. The van der Waals surface area contributed by atoms with Crippen LogP contribution in [0.2, 0.25) is 0 Å². The van der Waals surface area contributed by atoms with Gasteiger partial charge in [0.1, 0.15) is 5.75 Å². The van der Waals surface area contributed by atoms with Gasteiger partial charge in [-0.2, -0.15) is 13.2 Å². The maximum Gasteiger partial charge on any atom is 0.573 e. The van der Waals surface area contributed by atoms with Crippen LogP contribution >= 0.6 is 0 Å². The average Bonchev–Trinajstić information content (AvgIpc) is 2.66. The van der Waals surface area contributed by atoms with Gasteiger partial charge in [-0.25, -0.2) is 13.1 Å². The normalized spacial score (nSPS) is 12.5. The molecule has 32 heavy (non-hydrogen) atoms. The van der Waals surface area contributed by atoms with Gasteiger partial charge in [0.15, 0.2) is 0 Å². The number of nitrogens with one attached hydrogen (secondary N) is 1. The van der Waals surface area contributed by atoms with Crippen molar-refractivity contribution in [3.63, 3.8) is 0 Å². The summed E-state index contributed by atoms with van der Waals surface area (Å²) in [6, 6.07) is 7.78. The summed E-state index contributed by atoms with van der Waals surface area (Å²) in [5, 5.41) is 0. The topological polar surface area (TPSA) is 75.7 Å². The Labute approximate surface area is 179 Å². The number of alkyl halides is 6. The standard InChI is InChI=1S/C19H18F6N2O4S/c1-27(12-13-2-4-14(5-3-13)18(20,21)22)17(28)10-11-26-32(29,30)16-8-6-15(7-9-16)31-19(23,24)25/h2-9,26H,10-12H2,1H3. The average molecular weight is 484 g/mol. The van der Waals surface area contributed by atoms with Crippen LogP contribution in [0.15, 0.2) is 53.4 Å². The Morgan fingerprint density at radius 1 is 0.969 bits per heavy atom. The lowest BCUT2D eigenvalue weighted by molar-refractivity contribution is -0.274. The summed E-state index contributed by atoms with van der Waals surface area (Å²) in [4.78, 5) is 13.1. The molecule has 0 heterocycles. The molecule has 0 bridgehead atoms. The second-order valence-electron chi connectivity index (χ2n) is 6.61. The molecule has 2 rings (SSSR count). The van der Waals surface area contributed by atoms with Gasteiger partial charge < -0.3 is 9.64 Å². The fourth-order valence-corrected chi connectivity index (χ4v) is 3.58.